The number of anilines is 1. The van der Waals surface area contributed by atoms with Crippen molar-refractivity contribution in [2.24, 2.45) is 18.9 Å². The van der Waals surface area contributed by atoms with Crippen LogP contribution in [0.2, 0.25) is 0 Å². The van der Waals surface area contributed by atoms with Crippen LogP contribution >= 0.6 is 0 Å². The van der Waals surface area contributed by atoms with Gasteiger partial charge in [0.2, 0.25) is 0 Å². The third kappa shape index (κ3) is 2.67. The molecule has 1 saturated heterocycles. The molecule has 0 aromatic carbocycles. The highest BCUT2D eigenvalue weighted by atomic mass is 16.2. The zero-order valence-electron chi connectivity index (χ0n) is 13.0. The molecule has 2 N–H and O–H groups in total. The lowest BCUT2D eigenvalue weighted by Gasteiger charge is -2.33. The highest BCUT2D eigenvalue weighted by Crippen LogP contribution is 2.26. The molecule has 1 fully saturated rings. The molecule has 0 bridgehead atoms. The largest absolute Gasteiger partial charge is 0.395 e. The van der Waals surface area contributed by atoms with E-state index < -0.39 is 0 Å². The number of carbonyl (C=O) groups is 1. The maximum Gasteiger partial charge on any atom is 0.274 e. The second-order valence-electron chi connectivity index (χ2n) is 6.06. The summed E-state index contributed by atoms with van der Waals surface area (Å²) in [5.74, 6) is 1.45. The number of aromatic nitrogens is 2. The minimum atomic E-state index is 0.0272. The minimum Gasteiger partial charge on any atom is -0.395 e. The molecule has 20 heavy (non-hydrogen) atoms. The fourth-order valence-corrected chi connectivity index (χ4v) is 3.03. The second kappa shape index (κ2) is 5.85. The summed E-state index contributed by atoms with van der Waals surface area (Å²) in [7, 11) is 1.80. The first-order valence-electron chi connectivity index (χ1n) is 7.56. The Balaban J connectivity index is 2.11. The molecule has 0 saturated carbocycles. The smallest absolute Gasteiger partial charge is 0.274 e. The third-order valence-corrected chi connectivity index (χ3v) is 4.47. The Hall–Kier alpha value is -1.52. The average Bonchev–Trinajstić information content (AvgIpc) is 2.72. The van der Waals surface area contributed by atoms with E-state index >= 15 is 0 Å². The molecule has 2 heterocycles. The molecule has 112 valence electrons. The van der Waals surface area contributed by atoms with E-state index in [0.717, 1.165) is 44.0 Å². The molecule has 0 radical (unpaired) electrons. The predicted molar refractivity (Wildman–Crippen MR) is 80.5 cm³/mol. The summed E-state index contributed by atoms with van der Waals surface area (Å²) in [4.78, 5) is 14.6. The summed E-state index contributed by atoms with van der Waals surface area (Å²) in [6, 6.07) is 0. The zero-order valence-corrected chi connectivity index (χ0v) is 13.0. The lowest BCUT2D eigenvalue weighted by molar-refractivity contribution is 0.0658. The molecule has 1 aliphatic heterocycles. The summed E-state index contributed by atoms with van der Waals surface area (Å²) in [6.45, 7) is 8.17. The Morgan fingerprint density at radius 2 is 2.00 bits per heavy atom. The average molecular weight is 278 g/mol. The predicted octanol–water partition coefficient (Wildman–Crippen LogP) is 2.07. The van der Waals surface area contributed by atoms with Crippen molar-refractivity contribution < 1.29 is 4.79 Å². The molecular formula is C15H26N4O. The lowest BCUT2D eigenvalue weighted by Crippen LogP contribution is -2.40. The molecule has 1 aliphatic rings. The van der Waals surface area contributed by atoms with Gasteiger partial charge in [-0.3, -0.25) is 9.48 Å². The van der Waals surface area contributed by atoms with E-state index in [2.05, 4.69) is 18.9 Å². The van der Waals surface area contributed by atoms with Crippen molar-refractivity contribution in [3.63, 3.8) is 0 Å². The van der Waals surface area contributed by atoms with E-state index in [1.165, 1.54) is 0 Å². The van der Waals surface area contributed by atoms with Crippen LogP contribution in [0.5, 0.6) is 0 Å². The minimum absolute atomic E-state index is 0.0272. The van der Waals surface area contributed by atoms with Crippen molar-refractivity contribution in [3.8, 4) is 0 Å². The van der Waals surface area contributed by atoms with Crippen LogP contribution in [0.25, 0.3) is 0 Å². The van der Waals surface area contributed by atoms with Crippen LogP contribution in [0, 0.1) is 11.8 Å². The number of carbonyl (C=O) groups excluding carboxylic acids is 1. The van der Waals surface area contributed by atoms with Gasteiger partial charge in [-0.15, -0.1) is 0 Å². The van der Waals surface area contributed by atoms with E-state index in [1.807, 2.05) is 11.8 Å². The van der Waals surface area contributed by atoms with Crippen LogP contribution in [-0.4, -0.2) is 33.7 Å². The summed E-state index contributed by atoms with van der Waals surface area (Å²) in [5, 5.41) is 4.33. The van der Waals surface area contributed by atoms with Crippen LogP contribution < -0.4 is 5.73 Å². The van der Waals surface area contributed by atoms with E-state index in [-0.39, 0.29) is 5.91 Å². The topological polar surface area (TPSA) is 64.2 Å². The van der Waals surface area contributed by atoms with Gasteiger partial charge in [0, 0.05) is 20.1 Å². The molecule has 1 amide bonds. The van der Waals surface area contributed by atoms with E-state index in [4.69, 9.17) is 5.73 Å². The molecule has 1 aromatic heterocycles. The van der Waals surface area contributed by atoms with Gasteiger partial charge in [0.1, 0.15) is 5.69 Å². The number of hydrogen-bond acceptors (Lipinski definition) is 3. The van der Waals surface area contributed by atoms with Gasteiger partial charge >= 0.3 is 0 Å². The molecule has 0 aliphatic carbocycles. The number of amides is 1. The van der Waals surface area contributed by atoms with Crippen LogP contribution in [0.4, 0.5) is 5.69 Å². The highest BCUT2D eigenvalue weighted by molar-refractivity contribution is 5.98. The fraction of sp³-hybridized carbons (Fsp3) is 0.733. The summed E-state index contributed by atoms with van der Waals surface area (Å²) < 4.78 is 1.63. The Bertz CT molecular complexity index is 484. The first kappa shape index (κ1) is 14.9. The molecule has 1 aromatic rings. The zero-order chi connectivity index (χ0) is 14.9. The third-order valence-electron chi connectivity index (χ3n) is 4.47. The molecular weight excluding hydrogens is 252 g/mol. The van der Waals surface area contributed by atoms with E-state index in [9.17, 15) is 4.79 Å². The SMILES string of the molecule is CCc1nn(C)c(C(=O)N2CCC(C(C)C)CC2)c1N. The van der Waals surface area contributed by atoms with Crippen molar-refractivity contribution in [2.45, 2.75) is 40.0 Å². The normalized spacial score (nSPS) is 16.9. The number of hydrogen-bond donors (Lipinski definition) is 1. The van der Waals surface area contributed by atoms with Crippen molar-refractivity contribution in [1.29, 1.82) is 0 Å². The van der Waals surface area contributed by atoms with Crippen LogP contribution in [0.15, 0.2) is 0 Å². The summed E-state index contributed by atoms with van der Waals surface area (Å²) >= 11 is 0. The number of rotatable bonds is 3. The van der Waals surface area contributed by atoms with Crippen molar-refractivity contribution in [1.82, 2.24) is 14.7 Å². The lowest BCUT2D eigenvalue weighted by atomic mass is 9.86. The molecule has 0 spiro atoms. The van der Waals surface area contributed by atoms with Crippen molar-refractivity contribution >= 4 is 11.6 Å². The fourth-order valence-electron chi connectivity index (χ4n) is 3.03. The highest BCUT2D eigenvalue weighted by Gasteiger charge is 2.28. The maximum atomic E-state index is 12.6. The van der Waals surface area contributed by atoms with Gasteiger partial charge in [0.05, 0.1) is 11.4 Å². The standard InChI is InChI=1S/C15H26N4O/c1-5-12-13(16)14(18(4)17-12)15(20)19-8-6-11(7-9-19)10(2)3/h10-11H,5-9,16H2,1-4H3. The summed E-state index contributed by atoms with van der Waals surface area (Å²) in [6.07, 6.45) is 2.92. The van der Waals surface area contributed by atoms with E-state index in [0.29, 0.717) is 17.3 Å². The summed E-state index contributed by atoms with van der Waals surface area (Å²) in [5.41, 5.74) is 7.97. The number of aryl methyl sites for hydroxylation is 2. The molecule has 2 rings (SSSR count). The van der Waals surface area contributed by atoms with Gasteiger partial charge in [-0.1, -0.05) is 20.8 Å². The van der Waals surface area contributed by atoms with Gasteiger partial charge in [-0.2, -0.15) is 5.10 Å². The number of nitrogens with zero attached hydrogens (tertiary/aromatic N) is 3. The van der Waals surface area contributed by atoms with Gasteiger partial charge in [0.15, 0.2) is 0 Å². The number of nitrogens with two attached hydrogens (primary N) is 1. The number of piperidine rings is 1. The first-order chi connectivity index (χ1) is 9.45. The van der Waals surface area contributed by atoms with Crippen molar-refractivity contribution in [2.75, 3.05) is 18.8 Å². The monoisotopic (exact) mass is 278 g/mol. The van der Waals surface area contributed by atoms with Crippen molar-refractivity contribution in [3.05, 3.63) is 11.4 Å². The Kier molecular flexibility index (Phi) is 4.35. The second-order valence-corrected chi connectivity index (χ2v) is 6.06. The Morgan fingerprint density at radius 1 is 1.40 bits per heavy atom. The first-order valence-corrected chi connectivity index (χ1v) is 7.56. The number of likely N-dealkylation sites (tertiary alicyclic amines) is 1. The van der Waals surface area contributed by atoms with Gasteiger partial charge in [0.25, 0.3) is 5.91 Å². The molecule has 0 atom stereocenters. The maximum absolute atomic E-state index is 12.6. The van der Waals surface area contributed by atoms with Crippen LogP contribution in [-0.2, 0) is 13.5 Å². The Labute approximate surface area is 121 Å². The quantitative estimate of drug-likeness (QED) is 0.920. The van der Waals surface area contributed by atoms with Gasteiger partial charge in [-0.05, 0) is 31.1 Å². The van der Waals surface area contributed by atoms with E-state index in [1.54, 1.807) is 11.7 Å². The number of nitrogen functional groups attached to an aromatic ring is 1. The molecule has 5 nitrogen and oxygen atoms in total. The van der Waals surface area contributed by atoms with Gasteiger partial charge in [-0.25, -0.2) is 0 Å². The van der Waals surface area contributed by atoms with Crippen LogP contribution in [0.3, 0.4) is 0 Å². The van der Waals surface area contributed by atoms with Crippen LogP contribution in [0.1, 0.15) is 49.8 Å². The molecule has 5 heteroatoms. The van der Waals surface area contributed by atoms with Gasteiger partial charge < -0.3 is 10.6 Å². The Morgan fingerprint density at radius 3 is 2.45 bits per heavy atom. The molecule has 0 unspecified atom stereocenters.